The van der Waals surface area contributed by atoms with Crippen LogP contribution in [0, 0.1) is 0 Å². The standard InChI is InChI=1S/C16H15ClO/c17-15(10-12-4-2-1-3-5-12)13-6-7-16-14(11-13)8-9-18-16/h1-7,11,15H,8-10H2. The van der Waals surface area contributed by atoms with Gasteiger partial charge in [-0.25, -0.2) is 0 Å². The summed E-state index contributed by atoms with van der Waals surface area (Å²) in [7, 11) is 0. The number of fused-ring (bicyclic) bond motifs is 1. The first-order valence-electron chi connectivity index (χ1n) is 6.26. The summed E-state index contributed by atoms with van der Waals surface area (Å²) in [5.74, 6) is 1.02. The van der Waals surface area contributed by atoms with Crippen molar-refractivity contribution in [3.8, 4) is 5.75 Å². The molecule has 0 saturated heterocycles. The molecule has 1 heterocycles. The molecule has 0 bridgehead atoms. The van der Waals surface area contributed by atoms with Gasteiger partial charge in [0.05, 0.1) is 12.0 Å². The Bertz CT molecular complexity index is 536. The first kappa shape index (κ1) is 11.6. The molecule has 2 aromatic carbocycles. The van der Waals surface area contributed by atoms with Crippen LogP contribution in [0.4, 0.5) is 0 Å². The van der Waals surface area contributed by atoms with Gasteiger partial charge in [0, 0.05) is 6.42 Å². The Morgan fingerprint density at radius 2 is 1.94 bits per heavy atom. The second kappa shape index (κ2) is 5.03. The molecule has 0 saturated carbocycles. The van der Waals surface area contributed by atoms with Gasteiger partial charge >= 0.3 is 0 Å². The molecule has 0 N–H and O–H groups in total. The summed E-state index contributed by atoms with van der Waals surface area (Å²) in [6.45, 7) is 0.796. The quantitative estimate of drug-likeness (QED) is 0.752. The highest BCUT2D eigenvalue weighted by atomic mass is 35.5. The lowest BCUT2D eigenvalue weighted by atomic mass is 10.0. The lowest BCUT2D eigenvalue weighted by Crippen LogP contribution is -1.96. The topological polar surface area (TPSA) is 9.23 Å². The Kier molecular flexibility index (Phi) is 3.24. The molecular weight excluding hydrogens is 244 g/mol. The molecule has 18 heavy (non-hydrogen) atoms. The van der Waals surface area contributed by atoms with Crippen LogP contribution in [0.25, 0.3) is 0 Å². The monoisotopic (exact) mass is 258 g/mol. The molecule has 2 aromatic rings. The van der Waals surface area contributed by atoms with Crippen LogP contribution in [-0.2, 0) is 12.8 Å². The number of halogens is 1. The van der Waals surface area contributed by atoms with Crippen molar-refractivity contribution in [2.75, 3.05) is 6.61 Å². The second-order valence-electron chi connectivity index (χ2n) is 4.62. The molecule has 0 spiro atoms. The average molecular weight is 259 g/mol. The van der Waals surface area contributed by atoms with Crippen LogP contribution >= 0.6 is 11.6 Å². The highest BCUT2D eigenvalue weighted by Gasteiger charge is 2.15. The fourth-order valence-corrected chi connectivity index (χ4v) is 2.65. The van der Waals surface area contributed by atoms with E-state index < -0.39 is 0 Å². The van der Waals surface area contributed by atoms with Gasteiger partial charge in [-0.3, -0.25) is 0 Å². The van der Waals surface area contributed by atoms with Crippen LogP contribution in [0.5, 0.6) is 5.75 Å². The Morgan fingerprint density at radius 3 is 2.78 bits per heavy atom. The largest absolute Gasteiger partial charge is 0.493 e. The Balaban J connectivity index is 1.78. The predicted molar refractivity (Wildman–Crippen MR) is 74.4 cm³/mol. The third-order valence-corrected chi connectivity index (χ3v) is 3.74. The zero-order chi connectivity index (χ0) is 12.4. The van der Waals surface area contributed by atoms with Gasteiger partial charge in [0.15, 0.2) is 0 Å². The van der Waals surface area contributed by atoms with Crippen LogP contribution in [0.1, 0.15) is 22.1 Å². The van der Waals surface area contributed by atoms with Gasteiger partial charge in [-0.1, -0.05) is 42.5 Å². The molecule has 2 heteroatoms. The van der Waals surface area contributed by atoms with Gasteiger partial charge in [-0.2, -0.15) is 0 Å². The van der Waals surface area contributed by atoms with Crippen LogP contribution in [0.2, 0.25) is 0 Å². The summed E-state index contributed by atoms with van der Waals surface area (Å²) in [6.07, 6.45) is 1.86. The average Bonchev–Trinajstić information content (AvgIpc) is 2.87. The van der Waals surface area contributed by atoms with Gasteiger partial charge in [0.1, 0.15) is 5.75 Å². The zero-order valence-corrected chi connectivity index (χ0v) is 10.9. The molecule has 1 nitrogen and oxygen atoms in total. The minimum absolute atomic E-state index is 0.0262. The van der Waals surface area contributed by atoms with Gasteiger partial charge < -0.3 is 4.74 Å². The van der Waals surface area contributed by atoms with E-state index in [1.165, 1.54) is 16.7 Å². The van der Waals surface area contributed by atoms with Crippen molar-refractivity contribution in [3.05, 3.63) is 65.2 Å². The fourth-order valence-electron chi connectivity index (χ4n) is 2.34. The van der Waals surface area contributed by atoms with Crippen molar-refractivity contribution in [1.82, 2.24) is 0 Å². The Labute approximate surface area is 112 Å². The lowest BCUT2D eigenvalue weighted by Gasteiger charge is -2.11. The summed E-state index contributed by atoms with van der Waals surface area (Å²) >= 11 is 6.50. The summed E-state index contributed by atoms with van der Waals surface area (Å²) in [5, 5.41) is 0.0262. The normalized spacial score (nSPS) is 14.9. The molecule has 1 aliphatic heterocycles. The highest BCUT2D eigenvalue weighted by molar-refractivity contribution is 6.20. The van der Waals surface area contributed by atoms with Crippen molar-refractivity contribution in [1.29, 1.82) is 0 Å². The van der Waals surface area contributed by atoms with Crippen molar-refractivity contribution >= 4 is 11.6 Å². The van der Waals surface area contributed by atoms with E-state index in [1.807, 2.05) is 12.1 Å². The summed E-state index contributed by atoms with van der Waals surface area (Å²) in [5.41, 5.74) is 3.74. The molecule has 0 fully saturated rings. The van der Waals surface area contributed by atoms with Crippen molar-refractivity contribution < 1.29 is 4.74 Å². The molecule has 0 radical (unpaired) electrons. The third-order valence-electron chi connectivity index (χ3n) is 3.33. The molecule has 0 aliphatic carbocycles. The van der Waals surface area contributed by atoms with E-state index in [0.29, 0.717) is 0 Å². The van der Waals surface area contributed by atoms with Crippen molar-refractivity contribution in [2.45, 2.75) is 18.2 Å². The number of ether oxygens (including phenoxy) is 1. The maximum absolute atomic E-state index is 6.50. The van der Waals surface area contributed by atoms with E-state index in [4.69, 9.17) is 16.3 Å². The maximum Gasteiger partial charge on any atom is 0.122 e. The zero-order valence-electron chi connectivity index (χ0n) is 10.1. The minimum Gasteiger partial charge on any atom is -0.493 e. The number of hydrogen-bond donors (Lipinski definition) is 0. The molecule has 0 amide bonds. The number of benzene rings is 2. The fraction of sp³-hybridized carbons (Fsp3) is 0.250. The van der Waals surface area contributed by atoms with E-state index in [1.54, 1.807) is 0 Å². The first-order valence-corrected chi connectivity index (χ1v) is 6.70. The van der Waals surface area contributed by atoms with E-state index >= 15 is 0 Å². The lowest BCUT2D eigenvalue weighted by molar-refractivity contribution is 0.357. The first-order chi connectivity index (χ1) is 8.83. The number of hydrogen-bond acceptors (Lipinski definition) is 1. The van der Waals surface area contributed by atoms with Gasteiger partial charge in [-0.05, 0) is 29.2 Å². The molecular formula is C16H15ClO. The minimum atomic E-state index is 0.0262. The van der Waals surface area contributed by atoms with Crippen LogP contribution in [-0.4, -0.2) is 6.61 Å². The highest BCUT2D eigenvalue weighted by Crippen LogP contribution is 2.31. The number of rotatable bonds is 3. The molecule has 1 aliphatic rings. The van der Waals surface area contributed by atoms with Crippen LogP contribution < -0.4 is 4.74 Å². The van der Waals surface area contributed by atoms with Crippen molar-refractivity contribution in [3.63, 3.8) is 0 Å². The van der Waals surface area contributed by atoms with Crippen LogP contribution in [0.3, 0.4) is 0 Å². The molecule has 3 rings (SSSR count). The summed E-state index contributed by atoms with van der Waals surface area (Å²) < 4.78 is 5.51. The molecule has 1 atom stereocenters. The molecule has 0 aromatic heterocycles. The summed E-state index contributed by atoms with van der Waals surface area (Å²) in [4.78, 5) is 0. The van der Waals surface area contributed by atoms with E-state index in [2.05, 4.69) is 36.4 Å². The molecule has 1 unspecified atom stereocenters. The maximum atomic E-state index is 6.50. The number of alkyl halides is 1. The Hall–Kier alpha value is -1.47. The third kappa shape index (κ3) is 2.37. The van der Waals surface area contributed by atoms with Crippen LogP contribution in [0.15, 0.2) is 48.5 Å². The summed E-state index contributed by atoms with van der Waals surface area (Å²) in [6, 6.07) is 16.7. The van der Waals surface area contributed by atoms with E-state index in [9.17, 15) is 0 Å². The van der Waals surface area contributed by atoms with E-state index in [0.717, 1.165) is 25.2 Å². The van der Waals surface area contributed by atoms with Gasteiger partial charge in [0.2, 0.25) is 0 Å². The molecule has 92 valence electrons. The van der Waals surface area contributed by atoms with Crippen molar-refractivity contribution in [2.24, 2.45) is 0 Å². The Morgan fingerprint density at radius 1 is 1.11 bits per heavy atom. The van der Waals surface area contributed by atoms with E-state index in [-0.39, 0.29) is 5.38 Å². The van der Waals surface area contributed by atoms with Gasteiger partial charge in [0.25, 0.3) is 0 Å². The smallest absolute Gasteiger partial charge is 0.122 e. The second-order valence-corrected chi connectivity index (χ2v) is 5.15. The SMILES string of the molecule is ClC(Cc1ccccc1)c1ccc2c(c1)CCO2. The van der Waals surface area contributed by atoms with Gasteiger partial charge in [-0.15, -0.1) is 11.6 Å². The predicted octanol–water partition coefficient (Wildman–Crippen LogP) is 4.14.